The van der Waals surface area contributed by atoms with Crippen LogP contribution < -0.4 is 0 Å². The maximum Gasteiger partial charge on any atom is 0.115 e. The summed E-state index contributed by atoms with van der Waals surface area (Å²) >= 11 is 0. The average Bonchev–Trinajstić information content (AvgIpc) is 2.79. The second-order valence-corrected chi connectivity index (χ2v) is 4.76. The van der Waals surface area contributed by atoms with Gasteiger partial charge in [0.15, 0.2) is 0 Å². The molecule has 2 nitrogen and oxygen atoms in total. The van der Waals surface area contributed by atoms with Crippen LogP contribution in [0.1, 0.15) is 43.6 Å². The van der Waals surface area contributed by atoms with Crippen molar-refractivity contribution in [1.82, 2.24) is 0 Å². The van der Waals surface area contributed by atoms with E-state index in [-0.39, 0.29) is 6.61 Å². The van der Waals surface area contributed by atoms with Gasteiger partial charge in [0.05, 0.1) is 0 Å². The average molecular weight is 220 g/mol. The second-order valence-electron chi connectivity index (χ2n) is 4.76. The molecule has 0 aliphatic heterocycles. The van der Waals surface area contributed by atoms with E-state index < -0.39 is 0 Å². The molecule has 1 saturated carbocycles. The number of rotatable bonds is 4. The van der Waals surface area contributed by atoms with E-state index in [2.05, 4.69) is 6.07 Å². The number of aliphatic hydroxyl groups is 1. The van der Waals surface area contributed by atoms with Crippen molar-refractivity contribution in [2.75, 3.05) is 6.61 Å². The summed E-state index contributed by atoms with van der Waals surface area (Å²) in [6, 6.07) is 7.51. The van der Waals surface area contributed by atoms with E-state index in [4.69, 9.17) is 5.11 Å². The van der Waals surface area contributed by atoms with Crippen LogP contribution in [0, 0.1) is 5.92 Å². The molecule has 1 aliphatic carbocycles. The third kappa shape index (κ3) is 2.56. The van der Waals surface area contributed by atoms with Gasteiger partial charge in [-0.2, -0.15) is 0 Å². The van der Waals surface area contributed by atoms with Gasteiger partial charge in [-0.15, -0.1) is 0 Å². The summed E-state index contributed by atoms with van der Waals surface area (Å²) in [7, 11) is 0. The van der Waals surface area contributed by atoms with Gasteiger partial charge < -0.3 is 10.2 Å². The molecule has 1 aliphatic rings. The minimum atomic E-state index is 0.233. The smallest absolute Gasteiger partial charge is 0.115 e. The van der Waals surface area contributed by atoms with Crippen molar-refractivity contribution in [2.45, 2.75) is 38.0 Å². The first-order chi connectivity index (χ1) is 7.81. The molecule has 1 fully saturated rings. The minimum Gasteiger partial charge on any atom is -0.508 e. The number of hydrogen-bond acceptors (Lipinski definition) is 2. The first-order valence-electron chi connectivity index (χ1n) is 6.21. The highest BCUT2D eigenvalue weighted by Gasteiger charge is 2.25. The van der Waals surface area contributed by atoms with Crippen molar-refractivity contribution in [3.05, 3.63) is 29.8 Å². The largest absolute Gasteiger partial charge is 0.508 e. The number of phenolic OH excluding ortho intramolecular Hbond substituents is 1. The Bertz CT molecular complexity index is 329. The van der Waals surface area contributed by atoms with Gasteiger partial charge in [0.1, 0.15) is 5.75 Å². The van der Waals surface area contributed by atoms with Gasteiger partial charge in [-0.1, -0.05) is 25.0 Å². The molecule has 2 N–H and O–H groups in total. The van der Waals surface area contributed by atoms with E-state index in [0.29, 0.717) is 17.6 Å². The minimum absolute atomic E-state index is 0.233. The molecule has 0 bridgehead atoms. The summed E-state index contributed by atoms with van der Waals surface area (Å²) in [5.41, 5.74) is 1.18. The van der Waals surface area contributed by atoms with E-state index in [1.165, 1.54) is 31.2 Å². The zero-order valence-corrected chi connectivity index (χ0v) is 9.60. The molecule has 0 aromatic heterocycles. The van der Waals surface area contributed by atoms with E-state index >= 15 is 0 Å². The first kappa shape index (κ1) is 11.5. The van der Waals surface area contributed by atoms with Crippen molar-refractivity contribution in [2.24, 2.45) is 5.92 Å². The number of benzene rings is 1. The van der Waals surface area contributed by atoms with E-state index in [1.807, 2.05) is 12.1 Å². The van der Waals surface area contributed by atoms with E-state index in [1.54, 1.807) is 6.07 Å². The third-order valence-electron chi connectivity index (χ3n) is 3.71. The zero-order chi connectivity index (χ0) is 11.4. The lowest BCUT2D eigenvalue weighted by Gasteiger charge is -2.23. The van der Waals surface area contributed by atoms with Crippen LogP contribution in [-0.4, -0.2) is 16.8 Å². The van der Waals surface area contributed by atoms with Gasteiger partial charge in [-0.25, -0.2) is 0 Å². The standard InChI is InChI=1S/C14H20O2/c15-9-8-14(11-4-1-2-5-11)12-6-3-7-13(16)10-12/h3,6-7,10-11,14-16H,1-2,4-5,8-9H2. The summed E-state index contributed by atoms with van der Waals surface area (Å²) in [5.74, 6) is 1.44. The van der Waals surface area contributed by atoms with Crippen LogP contribution in [-0.2, 0) is 0 Å². The van der Waals surface area contributed by atoms with Crippen molar-refractivity contribution in [3.8, 4) is 5.75 Å². The third-order valence-corrected chi connectivity index (χ3v) is 3.71. The molecule has 2 heteroatoms. The van der Waals surface area contributed by atoms with Gasteiger partial charge in [0.2, 0.25) is 0 Å². The van der Waals surface area contributed by atoms with Crippen LogP contribution in [0.25, 0.3) is 0 Å². The summed E-state index contributed by atoms with van der Waals surface area (Å²) in [6.07, 6.45) is 5.96. The Morgan fingerprint density at radius 1 is 1.25 bits per heavy atom. The Hall–Kier alpha value is -1.02. The monoisotopic (exact) mass is 220 g/mol. The molecule has 1 unspecified atom stereocenters. The quantitative estimate of drug-likeness (QED) is 0.818. The summed E-state index contributed by atoms with van der Waals surface area (Å²) in [6.45, 7) is 0.233. The molecule has 0 radical (unpaired) electrons. The fourth-order valence-corrected chi connectivity index (χ4v) is 2.93. The van der Waals surface area contributed by atoms with Crippen molar-refractivity contribution >= 4 is 0 Å². The Morgan fingerprint density at radius 2 is 2.00 bits per heavy atom. The van der Waals surface area contributed by atoms with Gasteiger partial charge >= 0.3 is 0 Å². The highest BCUT2D eigenvalue weighted by molar-refractivity contribution is 5.30. The number of aliphatic hydroxyl groups excluding tert-OH is 1. The van der Waals surface area contributed by atoms with Gasteiger partial charge in [-0.05, 0) is 48.8 Å². The van der Waals surface area contributed by atoms with Gasteiger partial charge in [-0.3, -0.25) is 0 Å². The predicted molar refractivity (Wildman–Crippen MR) is 64.5 cm³/mol. The van der Waals surface area contributed by atoms with Crippen molar-refractivity contribution in [3.63, 3.8) is 0 Å². The molecule has 0 amide bonds. The lowest BCUT2D eigenvalue weighted by Crippen LogP contribution is -2.11. The number of phenols is 1. The zero-order valence-electron chi connectivity index (χ0n) is 9.60. The molecule has 0 spiro atoms. The molecule has 2 rings (SSSR count). The molecule has 16 heavy (non-hydrogen) atoms. The Kier molecular flexibility index (Phi) is 3.83. The van der Waals surface area contributed by atoms with Gasteiger partial charge in [0, 0.05) is 6.61 Å². The topological polar surface area (TPSA) is 40.5 Å². The molecule has 1 aromatic carbocycles. The van der Waals surface area contributed by atoms with Gasteiger partial charge in [0.25, 0.3) is 0 Å². The van der Waals surface area contributed by atoms with Crippen LogP contribution in [0.4, 0.5) is 0 Å². The molecular weight excluding hydrogens is 200 g/mol. The van der Waals surface area contributed by atoms with Crippen LogP contribution in [0.2, 0.25) is 0 Å². The van der Waals surface area contributed by atoms with Crippen LogP contribution in [0.3, 0.4) is 0 Å². The number of aromatic hydroxyl groups is 1. The maximum absolute atomic E-state index is 9.51. The predicted octanol–water partition coefficient (Wildman–Crippen LogP) is 3.05. The highest BCUT2D eigenvalue weighted by atomic mass is 16.3. The fourth-order valence-electron chi connectivity index (χ4n) is 2.93. The normalized spacial score (nSPS) is 18.8. The van der Waals surface area contributed by atoms with E-state index in [0.717, 1.165) is 6.42 Å². The first-order valence-corrected chi connectivity index (χ1v) is 6.21. The summed E-state index contributed by atoms with van der Waals surface area (Å²) in [4.78, 5) is 0. The Balaban J connectivity index is 2.17. The maximum atomic E-state index is 9.51. The van der Waals surface area contributed by atoms with Crippen molar-refractivity contribution < 1.29 is 10.2 Å². The molecule has 88 valence electrons. The molecule has 0 saturated heterocycles. The molecular formula is C14H20O2. The molecule has 0 heterocycles. The number of hydrogen-bond donors (Lipinski definition) is 2. The Labute approximate surface area is 96.9 Å². The Morgan fingerprint density at radius 3 is 2.62 bits per heavy atom. The van der Waals surface area contributed by atoms with Crippen LogP contribution in [0.15, 0.2) is 24.3 Å². The van der Waals surface area contributed by atoms with Crippen molar-refractivity contribution in [1.29, 1.82) is 0 Å². The molecule has 1 aromatic rings. The van der Waals surface area contributed by atoms with Crippen LogP contribution in [0.5, 0.6) is 5.75 Å². The second kappa shape index (κ2) is 5.35. The van der Waals surface area contributed by atoms with Crippen LogP contribution >= 0.6 is 0 Å². The lowest BCUT2D eigenvalue weighted by molar-refractivity contribution is 0.254. The van der Waals surface area contributed by atoms with E-state index in [9.17, 15) is 5.11 Å². The lowest BCUT2D eigenvalue weighted by atomic mass is 9.83. The summed E-state index contributed by atoms with van der Waals surface area (Å²) < 4.78 is 0. The fraction of sp³-hybridized carbons (Fsp3) is 0.571. The molecule has 1 atom stereocenters. The SMILES string of the molecule is OCCC(c1cccc(O)c1)C1CCCC1. The summed E-state index contributed by atoms with van der Waals surface area (Å²) in [5, 5.41) is 18.7. The highest BCUT2D eigenvalue weighted by Crippen LogP contribution is 2.39.